The van der Waals surface area contributed by atoms with Gasteiger partial charge in [0, 0.05) is 19.3 Å². The summed E-state index contributed by atoms with van der Waals surface area (Å²) >= 11 is 0. The lowest BCUT2D eigenvalue weighted by Gasteiger charge is -2.18. The topological polar surface area (TPSA) is 78.9 Å². The van der Waals surface area contributed by atoms with Crippen molar-refractivity contribution >= 4 is 17.9 Å². The molecular weight excluding hydrogens is 733 g/mol. The van der Waals surface area contributed by atoms with Crippen molar-refractivity contribution in [1.29, 1.82) is 0 Å². The van der Waals surface area contributed by atoms with Crippen molar-refractivity contribution in [1.82, 2.24) is 0 Å². The van der Waals surface area contributed by atoms with Crippen molar-refractivity contribution < 1.29 is 28.6 Å². The first-order valence-electron chi connectivity index (χ1n) is 26.2. The van der Waals surface area contributed by atoms with Gasteiger partial charge in [0.05, 0.1) is 0 Å². The van der Waals surface area contributed by atoms with Crippen LogP contribution in [-0.2, 0) is 28.6 Å². The first-order chi connectivity index (χ1) is 28.7. The maximum absolute atomic E-state index is 12.8. The van der Waals surface area contributed by atoms with Crippen molar-refractivity contribution in [3.8, 4) is 0 Å². The summed E-state index contributed by atoms with van der Waals surface area (Å²) in [5, 5.41) is 0. The summed E-state index contributed by atoms with van der Waals surface area (Å²) in [5.41, 5.74) is 0. The van der Waals surface area contributed by atoms with Crippen LogP contribution >= 0.6 is 0 Å². The smallest absolute Gasteiger partial charge is 0.306 e. The largest absolute Gasteiger partial charge is 0.462 e. The molecule has 0 aliphatic heterocycles. The van der Waals surface area contributed by atoms with E-state index < -0.39 is 6.10 Å². The molecule has 6 nitrogen and oxygen atoms in total. The summed E-state index contributed by atoms with van der Waals surface area (Å²) in [7, 11) is 0. The monoisotopic (exact) mass is 835 g/mol. The van der Waals surface area contributed by atoms with Crippen molar-refractivity contribution in [2.24, 2.45) is 11.8 Å². The zero-order chi connectivity index (χ0) is 43.3. The Hall–Kier alpha value is -1.59. The van der Waals surface area contributed by atoms with Gasteiger partial charge in [0.2, 0.25) is 0 Å². The normalized spacial score (nSPS) is 12.1. The molecule has 0 heterocycles. The molecule has 0 saturated carbocycles. The molecule has 0 spiro atoms. The van der Waals surface area contributed by atoms with Crippen molar-refractivity contribution in [3.05, 3.63) is 0 Å². The number of esters is 3. The summed E-state index contributed by atoms with van der Waals surface area (Å²) < 4.78 is 16.8. The number of unbranched alkanes of at least 4 members (excludes halogenated alkanes) is 32. The lowest BCUT2D eigenvalue weighted by atomic mass is 10.0. The molecule has 0 bridgehead atoms. The third-order valence-electron chi connectivity index (χ3n) is 12.0. The van der Waals surface area contributed by atoms with Crippen LogP contribution in [0.15, 0.2) is 0 Å². The van der Waals surface area contributed by atoms with Gasteiger partial charge in [0.1, 0.15) is 13.2 Å². The molecule has 0 saturated heterocycles. The number of carbonyl (C=O) groups excluding carboxylic acids is 3. The van der Waals surface area contributed by atoms with Crippen LogP contribution in [0.25, 0.3) is 0 Å². The SMILES string of the molecule is CCCCCCCCCCCCCCCC(=O)O[C@@H](COC(=O)CCCCCCCCCCCCCCCC(C)C)COC(=O)CCCCCCCCCCCC(C)C. The van der Waals surface area contributed by atoms with Gasteiger partial charge in [0.25, 0.3) is 0 Å². The Morgan fingerprint density at radius 3 is 0.831 bits per heavy atom. The molecule has 0 N–H and O–H groups in total. The number of hydrogen-bond acceptors (Lipinski definition) is 6. The molecule has 0 aliphatic rings. The van der Waals surface area contributed by atoms with Crippen LogP contribution in [0, 0.1) is 11.8 Å². The maximum Gasteiger partial charge on any atom is 0.306 e. The van der Waals surface area contributed by atoms with E-state index in [0.29, 0.717) is 19.3 Å². The van der Waals surface area contributed by atoms with Crippen LogP contribution < -0.4 is 0 Å². The van der Waals surface area contributed by atoms with Crippen molar-refractivity contribution in [3.63, 3.8) is 0 Å². The fraction of sp³-hybridized carbons (Fsp3) is 0.943. The number of carbonyl (C=O) groups is 3. The Labute approximate surface area is 368 Å². The van der Waals surface area contributed by atoms with E-state index in [1.54, 1.807) is 0 Å². The van der Waals surface area contributed by atoms with Gasteiger partial charge in [-0.3, -0.25) is 14.4 Å². The maximum atomic E-state index is 12.8. The zero-order valence-corrected chi connectivity index (χ0v) is 40.4. The molecular formula is C53H102O6. The lowest BCUT2D eigenvalue weighted by Crippen LogP contribution is -2.30. The van der Waals surface area contributed by atoms with Crippen molar-refractivity contribution in [2.45, 2.75) is 298 Å². The molecule has 0 aromatic rings. The Kier molecular flexibility index (Phi) is 44.7. The second-order valence-electron chi connectivity index (χ2n) is 19.1. The van der Waals surface area contributed by atoms with E-state index in [9.17, 15) is 14.4 Å². The molecule has 0 rings (SSSR count). The van der Waals surface area contributed by atoms with Gasteiger partial charge in [-0.1, -0.05) is 253 Å². The van der Waals surface area contributed by atoms with Gasteiger partial charge in [-0.05, 0) is 31.1 Å². The minimum atomic E-state index is -0.761. The van der Waals surface area contributed by atoms with Gasteiger partial charge in [-0.25, -0.2) is 0 Å². The predicted octanol–water partition coefficient (Wildman–Crippen LogP) is 16.9. The number of rotatable bonds is 47. The predicted molar refractivity (Wildman–Crippen MR) is 252 cm³/mol. The Bertz CT molecular complexity index is 900. The first kappa shape index (κ1) is 57.4. The Balaban J connectivity index is 4.30. The third-order valence-corrected chi connectivity index (χ3v) is 12.0. The highest BCUT2D eigenvalue weighted by Gasteiger charge is 2.19. The molecule has 59 heavy (non-hydrogen) atoms. The molecule has 0 fully saturated rings. The molecule has 0 aromatic heterocycles. The van der Waals surface area contributed by atoms with Gasteiger partial charge < -0.3 is 14.2 Å². The minimum Gasteiger partial charge on any atom is -0.462 e. The van der Waals surface area contributed by atoms with Gasteiger partial charge in [-0.15, -0.1) is 0 Å². The van der Waals surface area contributed by atoms with Crippen LogP contribution in [0.5, 0.6) is 0 Å². The quantitative estimate of drug-likeness (QED) is 0.0345. The molecule has 6 heteroatoms. The fourth-order valence-corrected chi connectivity index (χ4v) is 7.99. The van der Waals surface area contributed by atoms with Crippen LogP contribution in [0.2, 0.25) is 0 Å². The Morgan fingerprint density at radius 2 is 0.559 bits per heavy atom. The highest BCUT2D eigenvalue weighted by Crippen LogP contribution is 2.17. The molecule has 0 unspecified atom stereocenters. The molecule has 0 aliphatic carbocycles. The standard InChI is InChI=1S/C53H102O6/c1-6-7-8-9-10-11-12-14-19-24-30-35-40-45-53(56)59-50(47-58-52(55)44-39-34-29-25-20-22-27-32-37-42-49(4)5)46-57-51(54)43-38-33-28-23-18-16-13-15-17-21-26-31-36-41-48(2)3/h48-50H,6-47H2,1-5H3/t50-/m0/s1. The van der Waals surface area contributed by atoms with Crippen LogP contribution in [0.1, 0.15) is 291 Å². The second kappa shape index (κ2) is 45.9. The van der Waals surface area contributed by atoms with Crippen molar-refractivity contribution in [2.75, 3.05) is 13.2 Å². The molecule has 1 atom stereocenters. The van der Waals surface area contributed by atoms with Crippen LogP contribution in [0.3, 0.4) is 0 Å². The molecule has 0 radical (unpaired) electrons. The van der Waals surface area contributed by atoms with Crippen LogP contribution in [-0.4, -0.2) is 37.2 Å². The highest BCUT2D eigenvalue weighted by atomic mass is 16.6. The minimum absolute atomic E-state index is 0.0636. The van der Waals surface area contributed by atoms with E-state index in [4.69, 9.17) is 14.2 Å². The van der Waals surface area contributed by atoms with Crippen LogP contribution in [0.4, 0.5) is 0 Å². The summed E-state index contributed by atoms with van der Waals surface area (Å²) in [6.45, 7) is 11.4. The summed E-state index contributed by atoms with van der Waals surface area (Å²) in [6, 6.07) is 0. The van der Waals surface area contributed by atoms with Gasteiger partial charge in [-0.2, -0.15) is 0 Å². The van der Waals surface area contributed by atoms with E-state index in [1.165, 1.54) is 180 Å². The highest BCUT2D eigenvalue weighted by molar-refractivity contribution is 5.71. The van der Waals surface area contributed by atoms with E-state index in [-0.39, 0.29) is 31.1 Å². The average molecular weight is 835 g/mol. The molecule has 350 valence electrons. The Morgan fingerprint density at radius 1 is 0.322 bits per heavy atom. The average Bonchev–Trinajstić information content (AvgIpc) is 3.20. The van der Waals surface area contributed by atoms with E-state index in [0.717, 1.165) is 69.6 Å². The van der Waals surface area contributed by atoms with E-state index in [1.807, 2.05) is 0 Å². The van der Waals surface area contributed by atoms with Gasteiger partial charge >= 0.3 is 17.9 Å². The molecule has 0 aromatic carbocycles. The third kappa shape index (κ3) is 47.3. The second-order valence-corrected chi connectivity index (χ2v) is 19.1. The zero-order valence-electron chi connectivity index (χ0n) is 40.4. The lowest BCUT2D eigenvalue weighted by molar-refractivity contribution is -0.167. The molecule has 0 amide bonds. The number of ether oxygens (including phenoxy) is 3. The van der Waals surface area contributed by atoms with E-state index in [2.05, 4.69) is 34.6 Å². The summed E-state index contributed by atoms with van der Waals surface area (Å²) in [5.74, 6) is 0.801. The van der Waals surface area contributed by atoms with E-state index >= 15 is 0 Å². The first-order valence-corrected chi connectivity index (χ1v) is 26.2. The summed E-state index contributed by atoms with van der Waals surface area (Å²) in [6.07, 6.45) is 46.6. The number of hydrogen-bond donors (Lipinski definition) is 0. The summed E-state index contributed by atoms with van der Waals surface area (Å²) in [4.78, 5) is 37.9. The van der Waals surface area contributed by atoms with Gasteiger partial charge in [0.15, 0.2) is 6.10 Å². The fourth-order valence-electron chi connectivity index (χ4n) is 7.99.